The van der Waals surface area contributed by atoms with Gasteiger partial charge in [-0.15, -0.1) is 12.4 Å². The van der Waals surface area contributed by atoms with Crippen molar-refractivity contribution in [2.75, 3.05) is 13.1 Å². The number of hydrogen-bond acceptors (Lipinski definition) is 3. The molecular formula is C23H27ClN4O. The van der Waals surface area contributed by atoms with E-state index >= 15 is 0 Å². The maximum absolute atomic E-state index is 13.0. The summed E-state index contributed by atoms with van der Waals surface area (Å²) in [5.41, 5.74) is 11.5. The van der Waals surface area contributed by atoms with Crippen molar-refractivity contribution in [1.82, 2.24) is 14.7 Å². The molecule has 2 aromatic carbocycles. The molecule has 6 heteroatoms. The molecule has 2 heterocycles. The number of carbonyl (C=O) groups excluding carboxylic acids is 1. The molecule has 1 aromatic heterocycles. The summed E-state index contributed by atoms with van der Waals surface area (Å²) in [6, 6.07) is 20.2. The number of para-hydroxylation sites is 1. The highest BCUT2D eigenvalue weighted by atomic mass is 35.5. The quantitative estimate of drug-likeness (QED) is 0.716. The van der Waals surface area contributed by atoms with E-state index in [-0.39, 0.29) is 30.3 Å². The molecule has 0 radical (unpaired) electrons. The molecule has 29 heavy (non-hydrogen) atoms. The van der Waals surface area contributed by atoms with Crippen molar-refractivity contribution < 1.29 is 4.79 Å². The molecule has 1 fully saturated rings. The van der Waals surface area contributed by atoms with Gasteiger partial charge in [0.1, 0.15) is 0 Å². The first-order chi connectivity index (χ1) is 13.5. The number of aromatic nitrogens is 2. The van der Waals surface area contributed by atoms with Crippen LogP contribution in [0.4, 0.5) is 0 Å². The van der Waals surface area contributed by atoms with Crippen molar-refractivity contribution in [2.24, 2.45) is 5.73 Å². The molecule has 2 atom stereocenters. The molecule has 0 unspecified atom stereocenters. The van der Waals surface area contributed by atoms with Crippen LogP contribution >= 0.6 is 12.4 Å². The Morgan fingerprint density at radius 1 is 1.03 bits per heavy atom. The molecule has 1 amide bonds. The Bertz CT molecular complexity index is 971. The van der Waals surface area contributed by atoms with E-state index in [0.29, 0.717) is 19.5 Å². The molecule has 3 aromatic rings. The zero-order chi connectivity index (χ0) is 19.7. The number of halogens is 1. The Labute approximate surface area is 177 Å². The van der Waals surface area contributed by atoms with Crippen molar-refractivity contribution in [3.63, 3.8) is 0 Å². The standard InChI is InChI=1S/C23H26N4O.ClH/c1-16-20(17(2)27(25-16)19-11-7-4-8-12-19)13-23(28)26-14-21(22(24)15-26)18-9-5-3-6-10-18;/h3-12,21-22H,13-15,24H2,1-2H3;1H/t21-,22+;/m0./s1. The second-order valence-corrected chi connectivity index (χ2v) is 7.55. The van der Waals surface area contributed by atoms with Crippen LogP contribution < -0.4 is 5.73 Å². The first-order valence-corrected chi connectivity index (χ1v) is 9.73. The van der Waals surface area contributed by atoms with Crippen LogP contribution in [0.2, 0.25) is 0 Å². The van der Waals surface area contributed by atoms with Crippen LogP contribution in [0.3, 0.4) is 0 Å². The SMILES string of the molecule is Cc1nn(-c2ccccc2)c(C)c1CC(=O)N1C[C@@H](N)[C@H](c2ccccc2)C1.Cl. The molecule has 4 rings (SSSR count). The highest BCUT2D eigenvalue weighted by Crippen LogP contribution is 2.27. The molecular weight excluding hydrogens is 384 g/mol. The van der Waals surface area contributed by atoms with Crippen LogP contribution in [-0.4, -0.2) is 39.7 Å². The van der Waals surface area contributed by atoms with E-state index in [0.717, 1.165) is 22.6 Å². The highest BCUT2D eigenvalue weighted by molar-refractivity contribution is 5.85. The van der Waals surface area contributed by atoms with Crippen LogP contribution in [0.1, 0.15) is 28.4 Å². The van der Waals surface area contributed by atoms with Gasteiger partial charge < -0.3 is 10.6 Å². The summed E-state index contributed by atoms with van der Waals surface area (Å²) in [4.78, 5) is 14.9. The Balaban J connectivity index is 0.00000240. The second-order valence-electron chi connectivity index (χ2n) is 7.55. The van der Waals surface area contributed by atoms with E-state index in [4.69, 9.17) is 5.73 Å². The number of hydrogen-bond donors (Lipinski definition) is 1. The van der Waals surface area contributed by atoms with E-state index in [1.165, 1.54) is 5.56 Å². The summed E-state index contributed by atoms with van der Waals surface area (Å²) in [6.07, 6.45) is 0.360. The Morgan fingerprint density at radius 3 is 2.31 bits per heavy atom. The summed E-state index contributed by atoms with van der Waals surface area (Å²) in [6.45, 7) is 5.27. The largest absolute Gasteiger partial charge is 0.340 e. The number of benzene rings is 2. The number of carbonyl (C=O) groups is 1. The summed E-state index contributed by atoms with van der Waals surface area (Å²) in [5.74, 6) is 0.312. The van der Waals surface area contributed by atoms with Gasteiger partial charge >= 0.3 is 0 Å². The van der Waals surface area contributed by atoms with Crippen molar-refractivity contribution in [1.29, 1.82) is 0 Å². The zero-order valence-electron chi connectivity index (χ0n) is 16.8. The molecule has 1 aliphatic rings. The van der Waals surface area contributed by atoms with Gasteiger partial charge in [0.15, 0.2) is 0 Å². The Morgan fingerprint density at radius 2 is 1.66 bits per heavy atom. The first kappa shape index (κ1) is 21.1. The van der Waals surface area contributed by atoms with Gasteiger partial charge in [0, 0.05) is 36.3 Å². The maximum atomic E-state index is 13.0. The summed E-state index contributed by atoms with van der Waals surface area (Å²) in [7, 11) is 0. The van der Waals surface area contributed by atoms with E-state index in [1.54, 1.807) is 0 Å². The summed E-state index contributed by atoms with van der Waals surface area (Å²) in [5, 5.41) is 4.66. The third-order valence-corrected chi connectivity index (χ3v) is 5.72. The average Bonchev–Trinajstić information content (AvgIpc) is 3.24. The summed E-state index contributed by atoms with van der Waals surface area (Å²) >= 11 is 0. The zero-order valence-corrected chi connectivity index (χ0v) is 17.6. The van der Waals surface area contributed by atoms with Crippen LogP contribution in [-0.2, 0) is 11.2 Å². The predicted octanol–water partition coefficient (Wildman–Crippen LogP) is 3.41. The second kappa shape index (κ2) is 8.80. The van der Waals surface area contributed by atoms with Crippen molar-refractivity contribution >= 4 is 18.3 Å². The Hall–Kier alpha value is -2.63. The lowest BCUT2D eigenvalue weighted by Gasteiger charge is -2.17. The minimum Gasteiger partial charge on any atom is -0.340 e. The van der Waals surface area contributed by atoms with E-state index < -0.39 is 0 Å². The summed E-state index contributed by atoms with van der Waals surface area (Å²) < 4.78 is 1.92. The number of amides is 1. The molecule has 0 aliphatic carbocycles. The van der Waals surface area contributed by atoms with Gasteiger partial charge in [-0.1, -0.05) is 48.5 Å². The first-order valence-electron chi connectivity index (χ1n) is 9.73. The van der Waals surface area contributed by atoms with Gasteiger partial charge in [-0.05, 0) is 31.5 Å². The molecule has 152 valence electrons. The van der Waals surface area contributed by atoms with Crippen LogP contribution in [0, 0.1) is 13.8 Å². The number of aryl methyl sites for hydroxylation is 1. The fraction of sp³-hybridized carbons (Fsp3) is 0.304. The average molecular weight is 411 g/mol. The van der Waals surface area contributed by atoms with Crippen molar-refractivity contribution in [3.05, 3.63) is 83.2 Å². The fourth-order valence-electron chi connectivity index (χ4n) is 4.10. The predicted molar refractivity (Wildman–Crippen MR) is 118 cm³/mol. The molecule has 0 bridgehead atoms. The molecule has 2 N–H and O–H groups in total. The third kappa shape index (κ3) is 4.21. The number of likely N-dealkylation sites (tertiary alicyclic amines) is 1. The minimum atomic E-state index is -0.0272. The number of nitrogens with two attached hydrogens (primary N) is 1. The van der Waals surface area contributed by atoms with Gasteiger partial charge in [0.05, 0.1) is 17.8 Å². The molecule has 5 nitrogen and oxygen atoms in total. The molecule has 1 saturated heterocycles. The van der Waals surface area contributed by atoms with Gasteiger partial charge in [-0.2, -0.15) is 5.10 Å². The monoisotopic (exact) mass is 410 g/mol. The van der Waals surface area contributed by atoms with Gasteiger partial charge in [0.2, 0.25) is 5.91 Å². The van der Waals surface area contributed by atoms with Crippen molar-refractivity contribution in [2.45, 2.75) is 32.2 Å². The normalized spacial score (nSPS) is 18.5. The van der Waals surface area contributed by atoms with Crippen LogP contribution in [0.25, 0.3) is 5.69 Å². The number of nitrogens with zero attached hydrogens (tertiary/aromatic N) is 3. The van der Waals surface area contributed by atoms with Crippen LogP contribution in [0.15, 0.2) is 60.7 Å². The lowest BCUT2D eigenvalue weighted by molar-refractivity contribution is -0.129. The van der Waals surface area contributed by atoms with Crippen LogP contribution in [0.5, 0.6) is 0 Å². The van der Waals surface area contributed by atoms with Crippen molar-refractivity contribution in [3.8, 4) is 5.69 Å². The molecule has 0 spiro atoms. The lowest BCUT2D eigenvalue weighted by Crippen LogP contribution is -2.33. The van der Waals surface area contributed by atoms with E-state index in [2.05, 4.69) is 17.2 Å². The number of rotatable bonds is 4. The van der Waals surface area contributed by atoms with Gasteiger partial charge in [-0.3, -0.25) is 4.79 Å². The smallest absolute Gasteiger partial charge is 0.227 e. The fourth-order valence-corrected chi connectivity index (χ4v) is 4.10. The maximum Gasteiger partial charge on any atom is 0.227 e. The van der Waals surface area contributed by atoms with Gasteiger partial charge in [-0.25, -0.2) is 4.68 Å². The Kier molecular flexibility index (Phi) is 6.40. The van der Waals surface area contributed by atoms with E-state index in [9.17, 15) is 4.79 Å². The van der Waals surface area contributed by atoms with Gasteiger partial charge in [0.25, 0.3) is 0 Å². The third-order valence-electron chi connectivity index (χ3n) is 5.72. The minimum absolute atomic E-state index is 0. The molecule has 0 saturated carbocycles. The molecule has 1 aliphatic heterocycles. The van der Waals surface area contributed by atoms with E-state index in [1.807, 2.05) is 72.0 Å². The lowest BCUT2D eigenvalue weighted by atomic mass is 9.95. The topological polar surface area (TPSA) is 64.2 Å². The highest BCUT2D eigenvalue weighted by Gasteiger charge is 2.34.